The summed E-state index contributed by atoms with van der Waals surface area (Å²) in [5, 5.41) is 8.59. The first-order chi connectivity index (χ1) is 11.1. The highest BCUT2D eigenvalue weighted by Crippen LogP contribution is 2.34. The van der Waals surface area contributed by atoms with Crippen molar-refractivity contribution in [1.82, 2.24) is 19.7 Å². The lowest BCUT2D eigenvalue weighted by Crippen LogP contribution is -2.04. The number of aromatic nitrogens is 4. The number of hydrogen-bond donors (Lipinski definition) is 1. The van der Waals surface area contributed by atoms with Gasteiger partial charge in [0.05, 0.1) is 12.0 Å². The summed E-state index contributed by atoms with van der Waals surface area (Å²) < 4.78 is 9.29. The quantitative estimate of drug-likeness (QED) is 0.678. The molecule has 0 spiro atoms. The monoisotopic (exact) mass is 437 g/mol. The zero-order chi connectivity index (χ0) is 16.0. The van der Waals surface area contributed by atoms with Crippen molar-refractivity contribution in [1.29, 1.82) is 0 Å². The van der Waals surface area contributed by atoms with Gasteiger partial charge < -0.3 is 10.1 Å². The zero-order valence-electron chi connectivity index (χ0n) is 12.3. The molecule has 0 bridgehead atoms. The second-order valence-electron chi connectivity index (χ2n) is 5.34. The second-order valence-corrected chi connectivity index (χ2v) is 7.01. The van der Waals surface area contributed by atoms with Crippen LogP contribution in [0.1, 0.15) is 11.1 Å². The molecule has 1 N–H and O–H groups in total. The largest absolute Gasteiger partial charge is 0.493 e. The van der Waals surface area contributed by atoms with Crippen molar-refractivity contribution in [3.05, 3.63) is 38.7 Å². The first kappa shape index (κ1) is 14.9. The number of nitrogens with zero attached hydrogens (tertiary/aromatic N) is 4. The molecule has 3 heterocycles. The standard InChI is InChI=1S/C15H13Br2N5O/c1-22-15-11(13(17)21-22)14(19-7-20-15)18-6-9-5-10(16)4-8-2-3-23-12(8)9/h4-5,7H,2-3,6H2,1H3,(H,18,19,20). The minimum atomic E-state index is 0.620. The van der Waals surface area contributed by atoms with E-state index in [9.17, 15) is 0 Å². The molecule has 1 aliphatic heterocycles. The maximum atomic E-state index is 5.77. The molecule has 4 rings (SSSR count). The number of benzene rings is 1. The van der Waals surface area contributed by atoms with E-state index in [-0.39, 0.29) is 0 Å². The van der Waals surface area contributed by atoms with Crippen LogP contribution in [0.3, 0.4) is 0 Å². The van der Waals surface area contributed by atoms with Gasteiger partial charge in [0.2, 0.25) is 0 Å². The molecule has 0 amide bonds. The summed E-state index contributed by atoms with van der Waals surface area (Å²) in [6.45, 7) is 1.36. The summed E-state index contributed by atoms with van der Waals surface area (Å²) in [6, 6.07) is 4.19. The fourth-order valence-electron chi connectivity index (χ4n) is 2.83. The fourth-order valence-corrected chi connectivity index (χ4v) is 3.99. The van der Waals surface area contributed by atoms with E-state index in [0.717, 1.165) is 50.3 Å². The Morgan fingerprint density at radius 1 is 1.30 bits per heavy atom. The molecule has 1 aromatic carbocycles. The van der Waals surface area contributed by atoms with Crippen LogP contribution < -0.4 is 10.1 Å². The molecular weight excluding hydrogens is 426 g/mol. The van der Waals surface area contributed by atoms with E-state index in [1.165, 1.54) is 5.56 Å². The van der Waals surface area contributed by atoms with E-state index in [2.05, 4.69) is 64.4 Å². The van der Waals surface area contributed by atoms with Gasteiger partial charge in [-0.1, -0.05) is 15.9 Å². The predicted molar refractivity (Wildman–Crippen MR) is 94.7 cm³/mol. The van der Waals surface area contributed by atoms with Crippen LogP contribution in [0, 0.1) is 0 Å². The minimum absolute atomic E-state index is 0.620. The Kier molecular flexibility index (Phi) is 3.73. The lowest BCUT2D eigenvalue weighted by molar-refractivity contribution is 0.354. The molecule has 1 aliphatic rings. The van der Waals surface area contributed by atoms with Crippen molar-refractivity contribution in [3.63, 3.8) is 0 Å². The molecule has 0 atom stereocenters. The van der Waals surface area contributed by atoms with Gasteiger partial charge in [-0.15, -0.1) is 0 Å². The smallest absolute Gasteiger partial charge is 0.164 e. The van der Waals surface area contributed by atoms with Crippen LogP contribution in [0.4, 0.5) is 5.82 Å². The molecule has 0 radical (unpaired) electrons. The highest BCUT2D eigenvalue weighted by Gasteiger charge is 2.18. The topological polar surface area (TPSA) is 64.9 Å². The summed E-state index contributed by atoms with van der Waals surface area (Å²) in [5.74, 6) is 1.73. The van der Waals surface area contributed by atoms with E-state index < -0.39 is 0 Å². The summed E-state index contributed by atoms with van der Waals surface area (Å²) >= 11 is 7.04. The number of anilines is 1. The van der Waals surface area contributed by atoms with Crippen LogP contribution in [-0.4, -0.2) is 26.4 Å². The third-order valence-corrected chi connectivity index (χ3v) is 4.86. The lowest BCUT2D eigenvalue weighted by Gasteiger charge is -2.11. The number of fused-ring (bicyclic) bond motifs is 2. The SMILES string of the molecule is Cn1nc(Br)c2c(NCc3cc(Br)cc4c3OCC4)ncnc21. The first-order valence-corrected chi connectivity index (χ1v) is 8.73. The Morgan fingerprint density at radius 3 is 3.04 bits per heavy atom. The van der Waals surface area contributed by atoms with Gasteiger partial charge in [-0.25, -0.2) is 14.6 Å². The van der Waals surface area contributed by atoms with E-state index >= 15 is 0 Å². The van der Waals surface area contributed by atoms with Gasteiger partial charge in [0.1, 0.15) is 22.5 Å². The third kappa shape index (κ3) is 2.59. The average molecular weight is 439 g/mol. The van der Waals surface area contributed by atoms with Crippen molar-refractivity contribution >= 4 is 48.7 Å². The van der Waals surface area contributed by atoms with Crippen molar-refractivity contribution in [2.75, 3.05) is 11.9 Å². The highest BCUT2D eigenvalue weighted by molar-refractivity contribution is 9.10. The summed E-state index contributed by atoms with van der Waals surface area (Å²) in [6.07, 6.45) is 2.49. The van der Waals surface area contributed by atoms with Crippen LogP contribution in [0.25, 0.3) is 11.0 Å². The molecule has 8 heteroatoms. The highest BCUT2D eigenvalue weighted by atomic mass is 79.9. The van der Waals surface area contributed by atoms with Gasteiger partial charge in [0, 0.05) is 30.0 Å². The van der Waals surface area contributed by atoms with Crippen LogP contribution in [-0.2, 0) is 20.0 Å². The van der Waals surface area contributed by atoms with E-state index in [4.69, 9.17) is 4.74 Å². The summed E-state index contributed by atoms with van der Waals surface area (Å²) in [4.78, 5) is 8.63. The van der Waals surface area contributed by atoms with Gasteiger partial charge in [0.15, 0.2) is 5.65 Å². The van der Waals surface area contributed by atoms with Gasteiger partial charge in [0.25, 0.3) is 0 Å². The number of halogens is 2. The van der Waals surface area contributed by atoms with Crippen molar-refractivity contribution < 1.29 is 4.74 Å². The Hall–Kier alpha value is -1.67. The molecule has 0 saturated carbocycles. The van der Waals surface area contributed by atoms with Crippen molar-refractivity contribution in [2.24, 2.45) is 7.05 Å². The summed E-state index contributed by atoms with van der Waals surface area (Å²) in [5.41, 5.74) is 3.13. The normalized spacial score (nSPS) is 13.2. The second kappa shape index (κ2) is 5.76. The van der Waals surface area contributed by atoms with E-state index in [1.54, 1.807) is 11.0 Å². The molecule has 2 aromatic heterocycles. The number of rotatable bonds is 3. The Balaban J connectivity index is 1.68. The maximum Gasteiger partial charge on any atom is 0.164 e. The number of aryl methyl sites for hydroxylation is 1. The molecule has 0 fully saturated rings. The van der Waals surface area contributed by atoms with Gasteiger partial charge in [-0.2, -0.15) is 5.10 Å². The minimum Gasteiger partial charge on any atom is -0.493 e. The van der Waals surface area contributed by atoms with Gasteiger partial charge >= 0.3 is 0 Å². The number of nitrogens with one attached hydrogen (secondary N) is 1. The molecule has 0 unspecified atom stereocenters. The van der Waals surface area contributed by atoms with Crippen LogP contribution >= 0.6 is 31.9 Å². The van der Waals surface area contributed by atoms with E-state index in [1.807, 2.05) is 7.05 Å². The van der Waals surface area contributed by atoms with Gasteiger partial charge in [-0.05, 0) is 33.6 Å². The molecule has 0 aliphatic carbocycles. The van der Waals surface area contributed by atoms with Crippen LogP contribution in [0.5, 0.6) is 5.75 Å². The molecule has 6 nitrogen and oxygen atoms in total. The van der Waals surface area contributed by atoms with Crippen molar-refractivity contribution in [2.45, 2.75) is 13.0 Å². The maximum absolute atomic E-state index is 5.77. The zero-order valence-corrected chi connectivity index (χ0v) is 15.5. The summed E-state index contributed by atoms with van der Waals surface area (Å²) in [7, 11) is 1.86. The molecule has 3 aromatic rings. The molecular formula is C15H13Br2N5O. The average Bonchev–Trinajstić information content (AvgIpc) is 3.10. The predicted octanol–water partition coefficient (Wildman–Crippen LogP) is 3.44. The Morgan fingerprint density at radius 2 is 2.17 bits per heavy atom. The third-order valence-electron chi connectivity index (χ3n) is 3.85. The molecule has 118 valence electrons. The van der Waals surface area contributed by atoms with Crippen LogP contribution in [0.15, 0.2) is 27.5 Å². The Labute approximate surface area is 149 Å². The molecule has 23 heavy (non-hydrogen) atoms. The Bertz CT molecular complexity index is 909. The fraction of sp³-hybridized carbons (Fsp3) is 0.267. The lowest BCUT2D eigenvalue weighted by atomic mass is 10.1. The van der Waals surface area contributed by atoms with Crippen molar-refractivity contribution in [3.8, 4) is 5.75 Å². The van der Waals surface area contributed by atoms with Gasteiger partial charge in [-0.3, -0.25) is 0 Å². The number of hydrogen-bond acceptors (Lipinski definition) is 5. The number of ether oxygens (including phenoxy) is 1. The van der Waals surface area contributed by atoms with E-state index in [0.29, 0.717) is 6.54 Å². The molecule has 0 saturated heterocycles. The van der Waals surface area contributed by atoms with Crippen LogP contribution in [0.2, 0.25) is 0 Å². The first-order valence-electron chi connectivity index (χ1n) is 7.14.